The molecule has 2 aliphatic rings. The third-order valence-electron chi connectivity index (χ3n) is 9.04. The molecule has 5 atom stereocenters. The van der Waals surface area contributed by atoms with E-state index in [1.807, 2.05) is 41.5 Å². The van der Waals surface area contributed by atoms with E-state index < -0.39 is 73.4 Å². The zero-order valence-corrected chi connectivity index (χ0v) is 35.1. The topological polar surface area (TPSA) is 234 Å². The highest BCUT2D eigenvalue weighted by Crippen LogP contribution is 2.32. The van der Waals surface area contributed by atoms with Crippen LogP contribution in [0.15, 0.2) is 58.8 Å². The van der Waals surface area contributed by atoms with Gasteiger partial charge < -0.3 is 31.3 Å². The van der Waals surface area contributed by atoms with Crippen LogP contribution in [-0.2, 0) is 29.6 Å². The lowest BCUT2D eigenvalue weighted by Gasteiger charge is -2.31. The lowest BCUT2D eigenvalue weighted by Crippen LogP contribution is -2.54. The molecule has 18 heteroatoms. The van der Waals surface area contributed by atoms with Crippen molar-refractivity contribution in [1.82, 2.24) is 29.2 Å². The maximum atomic E-state index is 13.2. The zero-order valence-electron chi connectivity index (χ0n) is 33.5. The summed E-state index contributed by atoms with van der Waals surface area (Å²) in [6, 6.07) is 7.39. The lowest BCUT2D eigenvalue weighted by atomic mass is 9.85. The monoisotopic (exact) mass is 811 g/mol. The van der Waals surface area contributed by atoms with Crippen LogP contribution in [0.5, 0.6) is 0 Å². The fourth-order valence-electron chi connectivity index (χ4n) is 6.61. The summed E-state index contributed by atoms with van der Waals surface area (Å²) in [5.74, 6) is -0.347. The smallest absolute Gasteiger partial charge is 0.408 e. The van der Waals surface area contributed by atoms with Crippen LogP contribution < -0.4 is 16.4 Å². The van der Waals surface area contributed by atoms with Crippen molar-refractivity contribution in [3.8, 4) is 0 Å². The molecule has 0 radical (unpaired) electrons. The molecule has 55 heavy (non-hydrogen) atoms. The number of hydrogen-bond donors (Lipinski definition) is 5. The summed E-state index contributed by atoms with van der Waals surface area (Å²) in [6.45, 7) is 17.0. The summed E-state index contributed by atoms with van der Waals surface area (Å²) in [6.07, 6.45) is 1.41. The molecular formula is C37H61N7O9S2. The van der Waals surface area contributed by atoms with Crippen LogP contribution in [0.4, 0.5) is 4.79 Å². The number of nitrogens with two attached hydrogens (primary N) is 1. The number of aromatic nitrogens is 2. The normalized spacial score (nSPS) is 24.3. The molecule has 2 aromatic heterocycles. The predicted molar refractivity (Wildman–Crippen MR) is 207 cm³/mol. The minimum absolute atomic E-state index is 0.00142. The van der Waals surface area contributed by atoms with Crippen molar-refractivity contribution >= 4 is 32.0 Å². The summed E-state index contributed by atoms with van der Waals surface area (Å²) < 4.78 is 59.3. The van der Waals surface area contributed by atoms with Gasteiger partial charge in [0.15, 0.2) is 10.1 Å². The number of nitrogens with one attached hydrogen (secondary N) is 2. The highest BCUT2D eigenvalue weighted by molar-refractivity contribution is 7.89. The number of aliphatic hydroxyl groups is 2. The van der Waals surface area contributed by atoms with Crippen LogP contribution >= 0.6 is 0 Å². The molecule has 2 fully saturated rings. The van der Waals surface area contributed by atoms with Gasteiger partial charge in [-0.1, -0.05) is 53.7 Å². The molecule has 2 amide bonds. The summed E-state index contributed by atoms with van der Waals surface area (Å²) >= 11 is 0. The second kappa shape index (κ2) is 18.3. The van der Waals surface area contributed by atoms with Gasteiger partial charge in [-0.2, -0.15) is 8.61 Å². The van der Waals surface area contributed by atoms with Crippen LogP contribution in [0, 0.1) is 16.7 Å². The largest absolute Gasteiger partial charge is 0.444 e. The number of hydrogen-bond acceptors (Lipinski definition) is 12. The summed E-state index contributed by atoms with van der Waals surface area (Å²) in [4.78, 5) is 33.4. The highest BCUT2D eigenvalue weighted by Gasteiger charge is 2.42. The molecule has 0 bridgehead atoms. The first kappa shape index (κ1) is 46.1. The standard InChI is InChI=1S/C24H40N4O6S.C13H21N3O3S/c1-16(2)12-17(27-22(31)34-23(3,4)5)21(30)26-18-13-24(6,7)15-28(14-19(18)29)35(32,33)20-10-8-9-11-25-20;1-13(2)7-10(14)11(17)8-16(9-13)20(18,19)12-5-3-4-6-15-12/h8-11,16-19,29H,12-15H2,1-7H3,(H,26,30)(H,27,31);3-6,10-11,17H,7-9,14H2,1-2H3/t17-,18?,19?;/m0./s1. The van der Waals surface area contributed by atoms with Crippen molar-refractivity contribution in [2.75, 3.05) is 26.2 Å². The fraction of sp³-hybridized carbons (Fsp3) is 0.676. The molecule has 0 spiro atoms. The number of β-amino-alcohol motifs (C(OH)–C–C–N with tert-alkyl or cyclic N) is 2. The van der Waals surface area contributed by atoms with Gasteiger partial charge in [0.2, 0.25) is 5.91 Å². The Balaban J connectivity index is 0.000000342. The molecule has 4 unspecified atom stereocenters. The lowest BCUT2D eigenvalue weighted by molar-refractivity contribution is -0.125. The quantitative estimate of drug-likeness (QED) is 0.246. The van der Waals surface area contributed by atoms with Gasteiger partial charge in [0.1, 0.15) is 11.6 Å². The van der Waals surface area contributed by atoms with Crippen LogP contribution in [0.2, 0.25) is 0 Å². The molecule has 0 saturated carbocycles. The van der Waals surface area contributed by atoms with Crippen molar-refractivity contribution < 1.29 is 41.4 Å². The molecule has 4 heterocycles. The van der Waals surface area contributed by atoms with E-state index in [-0.39, 0.29) is 41.0 Å². The molecule has 310 valence electrons. The van der Waals surface area contributed by atoms with Gasteiger partial charge in [0, 0.05) is 44.6 Å². The number of pyridine rings is 2. The van der Waals surface area contributed by atoms with Crippen LogP contribution in [0.1, 0.15) is 81.6 Å². The Morgan fingerprint density at radius 1 is 0.873 bits per heavy atom. The van der Waals surface area contributed by atoms with Crippen LogP contribution in [-0.4, -0.2) is 120 Å². The molecule has 6 N–H and O–H groups in total. The van der Waals surface area contributed by atoms with E-state index in [2.05, 4.69) is 20.6 Å². The Bertz CT molecular complexity index is 1790. The Morgan fingerprint density at radius 2 is 1.35 bits per heavy atom. The third-order valence-corrected chi connectivity index (χ3v) is 12.5. The maximum Gasteiger partial charge on any atom is 0.408 e. The SMILES string of the molecule is CC(C)C[C@H](NC(=O)OC(C)(C)C)C(=O)NC1CC(C)(C)CN(S(=O)(=O)c2ccccn2)CC1O.CC1(C)CC(N)C(O)CN(S(=O)(=O)c2ccccn2)C1. The average Bonchev–Trinajstić information content (AvgIpc) is 3.25. The summed E-state index contributed by atoms with van der Waals surface area (Å²) in [7, 11) is -7.64. The number of nitrogens with zero attached hydrogens (tertiary/aromatic N) is 4. The highest BCUT2D eigenvalue weighted by atomic mass is 32.2. The Hall–Kier alpha value is -3.26. The number of carbonyl (C=O) groups excluding carboxylic acids is 2. The molecule has 16 nitrogen and oxygen atoms in total. The number of amides is 2. The Kier molecular flexibility index (Phi) is 15.4. The van der Waals surface area contributed by atoms with Gasteiger partial charge in [0.05, 0.1) is 18.2 Å². The minimum atomic E-state index is -3.93. The average molecular weight is 812 g/mol. The number of alkyl carbamates (subject to hydrolysis) is 1. The van der Waals surface area contributed by atoms with Gasteiger partial charge in [-0.3, -0.25) is 4.79 Å². The van der Waals surface area contributed by atoms with E-state index in [1.165, 1.54) is 33.1 Å². The van der Waals surface area contributed by atoms with E-state index in [0.29, 0.717) is 25.8 Å². The number of ether oxygens (including phenoxy) is 1. The first-order valence-corrected chi connectivity index (χ1v) is 21.3. The molecule has 2 aromatic rings. The number of rotatable bonds is 9. The van der Waals surface area contributed by atoms with Crippen molar-refractivity contribution in [3.63, 3.8) is 0 Å². The van der Waals surface area contributed by atoms with E-state index in [1.54, 1.807) is 45.0 Å². The number of sulfonamides is 2. The third kappa shape index (κ3) is 13.7. The second-order valence-electron chi connectivity index (χ2n) is 17.4. The van der Waals surface area contributed by atoms with Gasteiger partial charge in [-0.25, -0.2) is 31.6 Å². The fourth-order valence-corrected chi connectivity index (χ4v) is 9.77. The number of carbonyl (C=O) groups is 2. The number of aliphatic hydroxyl groups excluding tert-OH is 2. The molecule has 4 rings (SSSR count). The Morgan fingerprint density at radius 3 is 1.78 bits per heavy atom. The second-order valence-corrected chi connectivity index (χ2v) is 21.2. The van der Waals surface area contributed by atoms with E-state index in [4.69, 9.17) is 10.5 Å². The van der Waals surface area contributed by atoms with Crippen molar-refractivity contribution in [2.24, 2.45) is 22.5 Å². The summed E-state index contributed by atoms with van der Waals surface area (Å²) in [5.41, 5.74) is 4.35. The van der Waals surface area contributed by atoms with Gasteiger partial charge in [-0.05, 0) is 81.0 Å². The molecule has 2 saturated heterocycles. The van der Waals surface area contributed by atoms with Gasteiger partial charge >= 0.3 is 6.09 Å². The van der Waals surface area contributed by atoms with Crippen molar-refractivity contribution in [3.05, 3.63) is 48.8 Å². The first-order valence-electron chi connectivity index (χ1n) is 18.5. The summed E-state index contributed by atoms with van der Waals surface area (Å²) in [5, 5.41) is 26.4. The molecular weight excluding hydrogens is 751 g/mol. The molecule has 2 aliphatic heterocycles. The van der Waals surface area contributed by atoms with E-state index >= 15 is 0 Å². The zero-order chi connectivity index (χ0) is 41.6. The van der Waals surface area contributed by atoms with Crippen molar-refractivity contribution in [1.29, 1.82) is 0 Å². The van der Waals surface area contributed by atoms with Gasteiger partial charge in [-0.15, -0.1) is 0 Å². The Labute approximate surface area is 326 Å². The molecule has 0 aromatic carbocycles. The first-order chi connectivity index (χ1) is 25.2. The van der Waals surface area contributed by atoms with Crippen LogP contribution in [0.25, 0.3) is 0 Å². The predicted octanol–water partition coefficient (Wildman–Crippen LogP) is 2.48. The minimum Gasteiger partial charge on any atom is -0.444 e. The molecule has 0 aliphatic carbocycles. The van der Waals surface area contributed by atoms with Crippen LogP contribution in [0.3, 0.4) is 0 Å². The van der Waals surface area contributed by atoms with E-state index in [0.717, 1.165) is 0 Å². The van der Waals surface area contributed by atoms with E-state index in [9.17, 15) is 36.6 Å². The van der Waals surface area contributed by atoms with Gasteiger partial charge in [0.25, 0.3) is 20.0 Å². The van der Waals surface area contributed by atoms with Crippen molar-refractivity contribution in [2.45, 2.75) is 128 Å². The maximum absolute atomic E-state index is 13.2.